The molecule has 0 amide bonds. The zero-order chi connectivity index (χ0) is 11.4. The van der Waals surface area contributed by atoms with Crippen LogP contribution >= 0.6 is 0 Å². The molecular formula is C12H20N4. The molecule has 1 aliphatic heterocycles. The number of nitrogens with zero attached hydrogens (tertiary/aromatic N) is 3. The van der Waals surface area contributed by atoms with E-state index >= 15 is 0 Å². The van der Waals surface area contributed by atoms with Crippen LogP contribution in [0.3, 0.4) is 0 Å². The topological polar surface area (TPSA) is 41.0 Å². The lowest BCUT2D eigenvalue weighted by Crippen LogP contribution is -2.40. The molecule has 16 heavy (non-hydrogen) atoms. The van der Waals surface area contributed by atoms with Gasteiger partial charge < -0.3 is 5.32 Å². The summed E-state index contributed by atoms with van der Waals surface area (Å²) in [6, 6.07) is 0.695. The first-order chi connectivity index (χ1) is 7.78. The summed E-state index contributed by atoms with van der Waals surface area (Å²) in [5, 5.41) is 3.34. The van der Waals surface area contributed by atoms with Crippen LogP contribution in [-0.2, 0) is 6.54 Å². The average molecular weight is 220 g/mol. The van der Waals surface area contributed by atoms with E-state index in [0.717, 1.165) is 31.0 Å². The lowest BCUT2D eigenvalue weighted by molar-refractivity contribution is 0.192. The van der Waals surface area contributed by atoms with Crippen LogP contribution in [0, 0.1) is 6.92 Å². The Bertz CT molecular complexity index is 314. The maximum atomic E-state index is 4.39. The standard InChI is InChI=1S/C12H20N4/c1-10-7-15-12(8-14-10)9-16-5-3-11(13-2)4-6-16/h7-8,11,13H,3-6,9H2,1-2H3. The molecule has 1 fully saturated rings. The Hall–Kier alpha value is -1.00. The van der Waals surface area contributed by atoms with Gasteiger partial charge in [-0.3, -0.25) is 14.9 Å². The van der Waals surface area contributed by atoms with Gasteiger partial charge in [0.1, 0.15) is 0 Å². The molecule has 1 aromatic heterocycles. The molecule has 1 aliphatic rings. The number of piperidine rings is 1. The smallest absolute Gasteiger partial charge is 0.0727 e. The van der Waals surface area contributed by atoms with E-state index in [1.807, 2.05) is 26.4 Å². The Morgan fingerprint density at radius 3 is 2.62 bits per heavy atom. The highest BCUT2D eigenvalue weighted by atomic mass is 15.1. The zero-order valence-electron chi connectivity index (χ0n) is 10.1. The minimum absolute atomic E-state index is 0.695. The van der Waals surface area contributed by atoms with E-state index in [1.54, 1.807) is 0 Å². The monoisotopic (exact) mass is 220 g/mol. The number of likely N-dealkylation sites (tertiary alicyclic amines) is 1. The lowest BCUT2D eigenvalue weighted by Gasteiger charge is -2.31. The van der Waals surface area contributed by atoms with E-state index in [-0.39, 0.29) is 0 Å². The third-order valence-corrected chi connectivity index (χ3v) is 3.22. The predicted molar refractivity (Wildman–Crippen MR) is 64.1 cm³/mol. The predicted octanol–water partition coefficient (Wildman–Crippen LogP) is 0.969. The summed E-state index contributed by atoms with van der Waals surface area (Å²) in [5.41, 5.74) is 2.06. The van der Waals surface area contributed by atoms with Gasteiger partial charge in [-0.2, -0.15) is 0 Å². The van der Waals surface area contributed by atoms with E-state index in [4.69, 9.17) is 0 Å². The highest BCUT2D eigenvalue weighted by molar-refractivity contribution is 5.00. The van der Waals surface area contributed by atoms with Crippen LogP contribution < -0.4 is 5.32 Å². The lowest BCUT2D eigenvalue weighted by atomic mass is 10.1. The number of aryl methyl sites for hydroxylation is 1. The minimum atomic E-state index is 0.695. The van der Waals surface area contributed by atoms with Crippen LogP contribution in [-0.4, -0.2) is 41.0 Å². The van der Waals surface area contributed by atoms with Gasteiger partial charge in [-0.25, -0.2) is 0 Å². The minimum Gasteiger partial charge on any atom is -0.317 e. The number of hydrogen-bond donors (Lipinski definition) is 1. The highest BCUT2D eigenvalue weighted by Crippen LogP contribution is 2.12. The van der Waals surface area contributed by atoms with Crippen molar-refractivity contribution in [3.63, 3.8) is 0 Å². The third kappa shape index (κ3) is 3.00. The molecule has 4 nitrogen and oxygen atoms in total. The summed E-state index contributed by atoms with van der Waals surface area (Å²) < 4.78 is 0. The maximum absolute atomic E-state index is 4.39. The molecule has 0 atom stereocenters. The van der Waals surface area contributed by atoms with E-state index in [0.29, 0.717) is 6.04 Å². The van der Waals surface area contributed by atoms with Gasteiger partial charge >= 0.3 is 0 Å². The summed E-state index contributed by atoms with van der Waals surface area (Å²) in [6.45, 7) is 5.21. The summed E-state index contributed by atoms with van der Waals surface area (Å²) in [7, 11) is 2.05. The van der Waals surface area contributed by atoms with Crippen LogP contribution in [0.2, 0.25) is 0 Å². The molecule has 1 aromatic rings. The molecule has 2 heterocycles. The molecule has 0 saturated carbocycles. The van der Waals surface area contributed by atoms with Crippen LogP contribution in [0.5, 0.6) is 0 Å². The number of hydrogen-bond acceptors (Lipinski definition) is 4. The van der Waals surface area contributed by atoms with Gasteiger partial charge in [0.05, 0.1) is 11.4 Å². The van der Waals surface area contributed by atoms with Crippen LogP contribution in [0.1, 0.15) is 24.2 Å². The Labute approximate surface area is 97.1 Å². The molecule has 0 aromatic carbocycles. The van der Waals surface area contributed by atoms with Crippen molar-refractivity contribution in [1.29, 1.82) is 0 Å². The Morgan fingerprint density at radius 1 is 1.31 bits per heavy atom. The maximum Gasteiger partial charge on any atom is 0.0727 e. The van der Waals surface area contributed by atoms with Crippen molar-refractivity contribution < 1.29 is 0 Å². The van der Waals surface area contributed by atoms with Crippen LogP contribution in [0.4, 0.5) is 0 Å². The van der Waals surface area contributed by atoms with Gasteiger partial charge in [0.2, 0.25) is 0 Å². The fourth-order valence-corrected chi connectivity index (χ4v) is 2.11. The first-order valence-electron chi connectivity index (χ1n) is 5.95. The van der Waals surface area contributed by atoms with E-state index in [9.17, 15) is 0 Å². The Kier molecular flexibility index (Phi) is 3.85. The van der Waals surface area contributed by atoms with Gasteiger partial charge in [-0.05, 0) is 26.8 Å². The Morgan fingerprint density at radius 2 is 2.06 bits per heavy atom. The van der Waals surface area contributed by atoms with Crippen LogP contribution in [0.15, 0.2) is 12.4 Å². The second-order valence-corrected chi connectivity index (χ2v) is 4.49. The van der Waals surface area contributed by atoms with Gasteiger partial charge in [0.15, 0.2) is 0 Å². The third-order valence-electron chi connectivity index (χ3n) is 3.22. The summed E-state index contributed by atoms with van der Waals surface area (Å²) in [6.07, 6.45) is 6.20. The van der Waals surface area contributed by atoms with Crippen molar-refractivity contribution in [2.24, 2.45) is 0 Å². The molecule has 1 N–H and O–H groups in total. The molecule has 0 aliphatic carbocycles. The van der Waals surface area contributed by atoms with Crippen molar-refractivity contribution in [3.8, 4) is 0 Å². The van der Waals surface area contributed by atoms with Crippen LogP contribution in [0.25, 0.3) is 0 Å². The quantitative estimate of drug-likeness (QED) is 0.824. The fraction of sp³-hybridized carbons (Fsp3) is 0.667. The molecular weight excluding hydrogens is 200 g/mol. The van der Waals surface area contributed by atoms with Crippen molar-refractivity contribution >= 4 is 0 Å². The van der Waals surface area contributed by atoms with Gasteiger partial charge in [0, 0.05) is 38.1 Å². The molecule has 4 heteroatoms. The van der Waals surface area contributed by atoms with E-state index < -0.39 is 0 Å². The molecule has 0 unspecified atom stereocenters. The number of rotatable bonds is 3. The molecule has 0 spiro atoms. The second kappa shape index (κ2) is 5.37. The largest absolute Gasteiger partial charge is 0.317 e. The molecule has 88 valence electrons. The van der Waals surface area contributed by atoms with E-state index in [2.05, 4.69) is 20.2 Å². The zero-order valence-corrected chi connectivity index (χ0v) is 10.1. The van der Waals surface area contributed by atoms with Gasteiger partial charge in [-0.1, -0.05) is 0 Å². The number of nitrogens with one attached hydrogen (secondary N) is 1. The number of aromatic nitrogens is 2. The normalized spacial score (nSPS) is 18.9. The van der Waals surface area contributed by atoms with E-state index in [1.165, 1.54) is 12.8 Å². The van der Waals surface area contributed by atoms with Crippen molar-refractivity contribution in [3.05, 3.63) is 23.8 Å². The molecule has 0 bridgehead atoms. The summed E-state index contributed by atoms with van der Waals surface area (Å²) in [4.78, 5) is 11.1. The van der Waals surface area contributed by atoms with Gasteiger partial charge in [0.25, 0.3) is 0 Å². The van der Waals surface area contributed by atoms with Crippen molar-refractivity contribution in [2.45, 2.75) is 32.4 Å². The Balaban J connectivity index is 1.84. The summed E-state index contributed by atoms with van der Waals surface area (Å²) >= 11 is 0. The first-order valence-corrected chi connectivity index (χ1v) is 5.95. The van der Waals surface area contributed by atoms with Crippen molar-refractivity contribution in [2.75, 3.05) is 20.1 Å². The highest BCUT2D eigenvalue weighted by Gasteiger charge is 2.17. The van der Waals surface area contributed by atoms with Gasteiger partial charge in [-0.15, -0.1) is 0 Å². The first kappa shape index (κ1) is 11.5. The second-order valence-electron chi connectivity index (χ2n) is 4.49. The SMILES string of the molecule is CNC1CCN(Cc2cnc(C)cn2)CC1. The fourth-order valence-electron chi connectivity index (χ4n) is 2.11. The molecule has 0 radical (unpaired) electrons. The molecule has 1 saturated heterocycles. The molecule has 2 rings (SSSR count). The average Bonchev–Trinajstić information content (AvgIpc) is 2.33. The van der Waals surface area contributed by atoms with Crippen molar-refractivity contribution in [1.82, 2.24) is 20.2 Å². The summed E-state index contributed by atoms with van der Waals surface area (Å²) in [5.74, 6) is 0.